The predicted octanol–water partition coefficient (Wildman–Crippen LogP) is 3.19. The van der Waals surface area contributed by atoms with Crippen LogP contribution in [0.5, 0.6) is 0 Å². The van der Waals surface area contributed by atoms with Gasteiger partial charge in [-0.15, -0.1) is 0 Å². The highest BCUT2D eigenvalue weighted by Gasteiger charge is 2.30. The standard InChI is InChI=1S/C8H6BrClF2O/c9-6-2-1-5(3-7(6)10)8(11,12)4-13/h1-3,13H,4H2. The minimum atomic E-state index is -3.23. The summed E-state index contributed by atoms with van der Waals surface area (Å²) in [7, 11) is 0. The van der Waals surface area contributed by atoms with Crippen LogP contribution in [0, 0.1) is 0 Å². The maximum Gasteiger partial charge on any atom is 0.295 e. The molecular formula is C8H6BrClF2O. The average molecular weight is 271 g/mol. The van der Waals surface area contributed by atoms with Gasteiger partial charge in [-0.2, -0.15) is 8.78 Å². The molecule has 0 atom stereocenters. The first-order valence-electron chi connectivity index (χ1n) is 3.41. The molecule has 0 amide bonds. The number of alkyl halides is 2. The van der Waals surface area contributed by atoms with E-state index in [-0.39, 0.29) is 10.6 Å². The summed E-state index contributed by atoms with van der Waals surface area (Å²) in [4.78, 5) is 0. The van der Waals surface area contributed by atoms with E-state index in [1.807, 2.05) is 0 Å². The molecule has 1 rings (SSSR count). The Hall–Kier alpha value is -0.190. The Morgan fingerprint density at radius 1 is 1.46 bits per heavy atom. The third-order valence-electron chi connectivity index (χ3n) is 1.54. The summed E-state index contributed by atoms with van der Waals surface area (Å²) in [6, 6.07) is 3.76. The van der Waals surface area contributed by atoms with Crippen molar-refractivity contribution in [1.82, 2.24) is 0 Å². The lowest BCUT2D eigenvalue weighted by atomic mass is 10.1. The van der Waals surface area contributed by atoms with Gasteiger partial charge in [-0.3, -0.25) is 0 Å². The van der Waals surface area contributed by atoms with E-state index in [4.69, 9.17) is 16.7 Å². The molecule has 0 aliphatic rings. The number of halogens is 4. The summed E-state index contributed by atoms with van der Waals surface area (Å²) >= 11 is 8.69. The van der Waals surface area contributed by atoms with Crippen LogP contribution < -0.4 is 0 Å². The molecule has 1 N–H and O–H groups in total. The van der Waals surface area contributed by atoms with Crippen LogP contribution in [0.25, 0.3) is 0 Å². The van der Waals surface area contributed by atoms with E-state index >= 15 is 0 Å². The van der Waals surface area contributed by atoms with Crippen molar-refractivity contribution in [1.29, 1.82) is 0 Å². The van der Waals surface area contributed by atoms with Crippen molar-refractivity contribution in [3.8, 4) is 0 Å². The first kappa shape index (κ1) is 10.9. The molecule has 72 valence electrons. The van der Waals surface area contributed by atoms with Gasteiger partial charge in [0.2, 0.25) is 0 Å². The molecule has 0 saturated heterocycles. The fourth-order valence-corrected chi connectivity index (χ4v) is 1.24. The van der Waals surface area contributed by atoms with Gasteiger partial charge in [0.15, 0.2) is 0 Å². The molecule has 0 saturated carbocycles. The molecule has 1 aromatic carbocycles. The second-order valence-electron chi connectivity index (χ2n) is 2.49. The third-order valence-corrected chi connectivity index (χ3v) is 2.77. The van der Waals surface area contributed by atoms with Crippen molar-refractivity contribution in [3.05, 3.63) is 33.3 Å². The normalized spacial score (nSPS) is 11.8. The maximum absolute atomic E-state index is 12.9. The van der Waals surface area contributed by atoms with Gasteiger partial charge in [0.1, 0.15) is 6.61 Å². The molecular weight excluding hydrogens is 265 g/mol. The van der Waals surface area contributed by atoms with E-state index in [1.165, 1.54) is 12.1 Å². The monoisotopic (exact) mass is 270 g/mol. The third kappa shape index (κ3) is 2.39. The molecule has 0 spiro atoms. The van der Waals surface area contributed by atoms with Crippen LogP contribution in [0.4, 0.5) is 8.78 Å². The highest BCUT2D eigenvalue weighted by Crippen LogP contribution is 2.32. The van der Waals surface area contributed by atoms with Gasteiger partial charge in [-0.25, -0.2) is 0 Å². The van der Waals surface area contributed by atoms with Crippen LogP contribution in [0.15, 0.2) is 22.7 Å². The number of hydrogen-bond acceptors (Lipinski definition) is 1. The minimum absolute atomic E-state index is 0.200. The van der Waals surface area contributed by atoms with E-state index in [1.54, 1.807) is 0 Å². The van der Waals surface area contributed by atoms with Crippen molar-refractivity contribution < 1.29 is 13.9 Å². The van der Waals surface area contributed by atoms with Gasteiger partial charge in [0, 0.05) is 10.0 Å². The molecule has 0 radical (unpaired) electrons. The zero-order chi connectivity index (χ0) is 10.1. The Morgan fingerprint density at radius 2 is 2.08 bits per heavy atom. The van der Waals surface area contributed by atoms with E-state index in [0.29, 0.717) is 4.47 Å². The van der Waals surface area contributed by atoms with Crippen LogP contribution >= 0.6 is 27.5 Å². The van der Waals surface area contributed by atoms with Gasteiger partial charge >= 0.3 is 0 Å². The largest absolute Gasteiger partial charge is 0.390 e. The summed E-state index contributed by atoms with van der Waals surface area (Å²) in [6.07, 6.45) is 0. The highest BCUT2D eigenvalue weighted by atomic mass is 79.9. The molecule has 5 heteroatoms. The molecule has 0 aliphatic heterocycles. The maximum atomic E-state index is 12.9. The molecule has 1 aromatic rings. The SMILES string of the molecule is OCC(F)(F)c1ccc(Br)c(Cl)c1. The van der Waals surface area contributed by atoms with Crippen LogP contribution in [0.3, 0.4) is 0 Å². The number of rotatable bonds is 2. The molecule has 0 unspecified atom stereocenters. The van der Waals surface area contributed by atoms with Gasteiger partial charge < -0.3 is 5.11 Å². The second-order valence-corrected chi connectivity index (χ2v) is 3.75. The van der Waals surface area contributed by atoms with Crippen molar-refractivity contribution >= 4 is 27.5 Å². The Bertz CT molecular complexity index is 317. The summed E-state index contributed by atoms with van der Waals surface area (Å²) in [6.45, 7) is -1.22. The zero-order valence-corrected chi connectivity index (χ0v) is 8.74. The van der Waals surface area contributed by atoms with E-state index in [0.717, 1.165) is 6.07 Å². The van der Waals surface area contributed by atoms with Crippen molar-refractivity contribution in [3.63, 3.8) is 0 Å². The van der Waals surface area contributed by atoms with Gasteiger partial charge in [0.25, 0.3) is 5.92 Å². The summed E-state index contributed by atoms with van der Waals surface area (Å²) in [5.41, 5.74) is -0.289. The Kier molecular flexibility index (Phi) is 3.27. The smallest absolute Gasteiger partial charge is 0.295 e. The predicted molar refractivity (Wildman–Crippen MR) is 50.1 cm³/mol. The van der Waals surface area contributed by atoms with Crippen LogP contribution in [-0.2, 0) is 5.92 Å². The summed E-state index contributed by atoms with van der Waals surface area (Å²) in [5.74, 6) is -3.23. The van der Waals surface area contributed by atoms with Gasteiger partial charge in [-0.05, 0) is 28.1 Å². The summed E-state index contributed by atoms with van der Waals surface area (Å²) < 4.78 is 26.3. The second kappa shape index (κ2) is 3.90. The lowest BCUT2D eigenvalue weighted by Gasteiger charge is -2.13. The fourth-order valence-electron chi connectivity index (χ4n) is 0.815. The number of aliphatic hydroxyl groups is 1. The molecule has 0 heterocycles. The minimum Gasteiger partial charge on any atom is -0.390 e. The first-order chi connectivity index (χ1) is 5.97. The molecule has 13 heavy (non-hydrogen) atoms. The average Bonchev–Trinajstić information content (AvgIpc) is 2.09. The number of benzene rings is 1. The van der Waals surface area contributed by atoms with E-state index < -0.39 is 12.5 Å². The quantitative estimate of drug-likeness (QED) is 0.876. The molecule has 0 aliphatic carbocycles. The van der Waals surface area contributed by atoms with Crippen molar-refractivity contribution in [2.75, 3.05) is 6.61 Å². The van der Waals surface area contributed by atoms with E-state index in [2.05, 4.69) is 15.9 Å². The lowest BCUT2D eigenvalue weighted by molar-refractivity contribution is -0.0556. The summed E-state index contributed by atoms with van der Waals surface area (Å²) in [5, 5.41) is 8.60. The van der Waals surface area contributed by atoms with Gasteiger partial charge in [-0.1, -0.05) is 17.7 Å². The van der Waals surface area contributed by atoms with Crippen LogP contribution in [0.1, 0.15) is 5.56 Å². The van der Waals surface area contributed by atoms with Crippen LogP contribution in [0.2, 0.25) is 5.02 Å². The lowest BCUT2D eigenvalue weighted by Crippen LogP contribution is -2.18. The first-order valence-corrected chi connectivity index (χ1v) is 4.58. The Balaban J connectivity index is 3.10. The van der Waals surface area contributed by atoms with Crippen molar-refractivity contribution in [2.45, 2.75) is 5.92 Å². The molecule has 0 fully saturated rings. The Morgan fingerprint density at radius 3 is 2.54 bits per heavy atom. The van der Waals surface area contributed by atoms with E-state index in [9.17, 15) is 8.78 Å². The highest BCUT2D eigenvalue weighted by molar-refractivity contribution is 9.10. The molecule has 1 nitrogen and oxygen atoms in total. The number of hydrogen-bond donors (Lipinski definition) is 1. The fraction of sp³-hybridized carbons (Fsp3) is 0.250. The molecule has 0 bridgehead atoms. The topological polar surface area (TPSA) is 20.2 Å². The number of aliphatic hydroxyl groups excluding tert-OH is 1. The molecule has 0 aromatic heterocycles. The van der Waals surface area contributed by atoms with Crippen molar-refractivity contribution in [2.24, 2.45) is 0 Å². The van der Waals surface area contributed by atoms with Crippen LogP contribution in [-0.4, -0.2) is 11.7 Å². The van der Waals surface area contributed by atoms with Gasteiger partial charge in [0.05, 0.1) is 5.02 Å². The zero-order valence-electron chi connectivity index (χ0n) is 6.40. The Labute approximate surface area is 87.5 Å².